The summed E-state index contributed by atoms with van der Waals surface area (Å²) in [7, 11) is 0. The first-order valence-corrected chi connectivity index (χ1v) is 10.6. The number of pyridine rings is 2. The third-order valence-electron chi connectivity index (χ3n) is 6.43. The fourth-order valence-corrected chi connectivity index (χ4v) is 4.84. The van der Waals surface area contributed by atoms with Crippen molar-refractivity contribution in [3.8, 4) is 11.1 Å². The van der Waals surface area contributed by atoms with Crippen LogP contribution >= 0.6 is 0 Å². The molecule has 30 heavy (non-hydrogen) atoms. The second-order valence-electron chi connectivity index (χ2n) is 8.27. The first kappa shape index (κ1) is 17.4. The molecular formula is C24H23N5O. The van der Waals surface area contributed by atoms with Gasteiger partial charge < -0.3 is 10.2 Å². The van der Waals surface area contributed by atoms with Crippen molar-refractivity contribution in [3.63, 3.8) is 0 Å². The van der Waals surface area contributed by atoms with Crippen LogP contribution in [0.25, 0.3) is 27.7 Å². The van der Waals surface area contributed by atoms with Gasteiger partial charge in [0.25, 0.3) is 0 Å². The van der Waals surface area contributed by atoms with Crippen LogP contribution in [0.2, 0.25) is 0 Å². The molecule has 0 spiro atoms. The number of nitrogen functional groups attached to an aromatic ring is 1. The maximum Gasteiger partial charge on any atom is 0.177 e. The molecule has 2 aliphatic rings. The molecule has 0 radical (unpaired) electrons. The molecule has 150 valence electrons. The van der Waals surface area contributed by atoms with Gasteiger partial charge in [0.05, 0.1) is 12.2 Å². The average molecular weight is 397 g/mol. The van der Waals surface area contributed by atoms with Gasteiger partial charge in [-0.05, 0) is 42.5 Å². The SMILES string of the molecule is Nc1ncc(-c2cnn(C3CCCCC3)c2)c2cc(C3=CCc4cnccc43)oc12. The Morgan fingerprint density at radius 1 is 1.07 bits per heavy atom. The standard InChI is InChI=1S/C24H23N5O/c25-24-23-20(10-22(30-23)19-7-6-15-11-26-9-8-18(15)19)21(13-27-24)16-12-28-29(14-16)17-4-2-1-3-5-17/h7-14,17H,1-6H2,(H2,25,27). The predicted molar refractivity (Wildman–Crippen MR) is 117 cm³/mol. The highest BCUT2D eigenvalue weighted by Gasteiger charge is 2.22. The quantitative estimate of drug-likeness (QED) is 0.516. The number of hydrogen-bond acceptors (Lipinski definition) is 5. The van der Waals surface area contributed by atoms with Crippen LogP contribution < -0.4 is 5.73 Å². The summed E-state index contributed by atoms with van der Waals surface area (Å²) < 4.78 is 8.35. The van der Waals surface area contributed by atoms with Gasteiger partial charge >= 0.3 is 0 Å². The summed E-state index contributed by atoms with van der Waals surface area (Å²) in [4.78, 5) is 8.64. The van der Waals surface area contributed by atoms with Gasteiger partial charge in [0.2, 0.25) is 0 Å². The maximum absolute atomic E-state index is 6.22. The number of aromatic nitrogens is 4. The molecule has 0 saturated heterocycles. The molecule has 4 heterocycles. The lowest BCUT2D eigenvalue weighted by Gasteiger charge is -2.21. The summed E-state index contributed by atoms with van der Waals surface area (Å²) in [5.41, 5.74) is 12.3. The van der Waals surface area contributed by atoms with Crippen molar-refractivity contribution >= 4 is 22.4 Å². The largest absolute Gasteiger partial charge is 0.452 e. The molecule has 0 aliphatic heterocycles. The Kier molecular flexibility index (Phi) is 3.97. The maximum atomic E-state index is 6.22. The zero-order valence-electron chi connectivity index (χ0n) is 16.7. The summed E-state index contributed by atoms with van der Waals surface area (Å²) in [6.45, 7) is 0. The normalized spacial score (nSPS) is 16.7. The zero-order valence-corrected chi connectivity index (χ0v) is 16.7. The van der Waals surface area contributed by atoms with Crippen molar-refractivity contribution in [2.45, 2.75) is 44.6 Å². The molecule has 2 N–H and O–H groups in total. The van der Waals surface area contributed by atoms with E-state index in [-0.39, 0.29) is 0 Å². The van der Waals surface area contributed by atoms with E-state index in [1.165, 1.54) is 43.2 Å². The first-order chi connectivity index (χ1) is 14.8. The Labute approximate surface area is 174 Å². The van der Waals surface area contributed by atoms with Crippen LogP contribution in [0, 0.1) is 0 Å². The Bertz CT molecular complexity index is 1280. The molecule has 4 aromatic rings. The second-order valence-corrected chi connectivity index (χ2v) is 8.27. The Balaban J connectivity index is 1.43. The van der Waals surface area contributed by atoms with E-state index >= 15 is 0 Å². The zero-order chi connectivity index (χ0) is 20.1. The monoisotopic (exact) mass is 397 g/mol. The van der Waals surface area contributed by atoms with Gasteiger partial charge in [-0.25, -0.2) is 4.98 Å². The highest BCUT2D eigenvalue weighted by Crippen LogP contribution is 2.39. The van der Waals surface area contributed by atoms with Crippen molar-refractivity contribution in [2.75, 3.05) is 5.73 Å². The second kappa shape index (κ2) is 6.83. The fourth-order valence-electron chi connectivity index (χ4n) is 4.84. The summed E-state index contributed by atoms with van der Waals surface area (Å²) in [5, 5.41) is 5.64. The smallest absolute Gasteiger partial charge is 0.177 e. The third kappa shape index (κ3) is 2.75. The topological polar surface area (TPSA) is 82.8 Å². The molecule has 0 unspecified atom stereocenters. The van der Waals surface area contributed by atoms with E-state index in [0.717, 1.165) is 34.3 Å². The van der Waals surface area contributed by atoms with Crippen molar-refractivity contribution < 1.29 is 4.42 Å². The van der Waals surface area contributed by atoms with Crippen LogP contribution in [0.15, 0.2) is 53.6 Å². The molecule has 6 nitrogen and oxygen atoms in total. The minimum Gasteiger partial charge on any atom is -0.452 e. The van der Waals surface area contributed by atoms with E-state index in [2.05, 4.69) is 38.1 Å². The number of anilines is 1. The van der Waals surface area contributed by atoms with Gasteiger partial charge in [-0.3, -0.25) is 9.67 Å². The van der Waals surface area contributed by atoms with Crippen LogP contribution in [0.3, 0.4) is 0 Å². The predicted octanol–water partition coefficient (Wildman–Crippen LogP) is 5.16. The van der Waals surface area contributed by atoms with Gasteiger partial charge in [0.15, 0.2) is 11.4 Å². The van der Waals surface area contributed by atoms with Crippen LogP contribution in [0.1, 0.15) is 55.0 Å². The molecule has 0 atom stereocenters. The van der Waals surface area contributed by atoms with E-state index in [0.29, 0.717) is 17.4 Å². The molecule has 4 aromatic heterocycles. The van der Waals surface area contributed by atoms with Crippen LogP contribution in [-0.4, -0.2) is 19.7 Å². The molecule has 2 aliphatic carbocycles. The summed E-state index contributed by atoms with van der Waals surface area (Å²) in [5.74, 6) is 1.23. The Hall–Kier alpha value is -3.41. The van der Waals surface area contributed by atoms with E-state index in [4.69, 9.17) is 10.2 Å². The van der Waals surface area contributed by atoms with Gasteiger partial charge in [0, 0.05) is 46.9 Å². The molecule has 6 heteroatoms. The highest BCUT2D eigenvalue weighted by atomic mass is 16.3. The Morgan fingerprint density at radius 3 is 2.87 bits per heavy atom. The number of hydrogen-bond donors (Lipinski definition) is 1. The number of nitrogens with two attached hydrogens (primary N) is 1. The molecule has 0 aromatic carbocycles. The average Bonchev–Trinajstić information content (AvgIpc) is 3.52. The van der Waals surface area contributed by atoms with Crippen LogP contribution in [0.4, 0.5) is 5.82 Å². The van der Waals surface area contributed by atoms with Crippen LogP contribution in [0.5, 0.6) is 0 Å². The van der Waals surface area contributed by atoms with Crippen molar-refractivity contribution in [1.82, 2.24) is 19.7 Å². The molecule has 1 fully saturated rings. The lowest BCUT2D eigenvalue weighted by atomic mass is 9.96. The molecule has 0 amide bonds. The van der Waals surface area contributed by atoms with Gasteiger partial charge in [-0.2, -0.15) is 5.10 Å². The minimum absolute atomic E-state index is 0.410. The Morgan fingerprint density at radius 2 is 1.97 bits per heavy atom. The summed E-state index contributed by atoms with van der Waals surface area (Å²) in [6.07, 6.45) is 19.0. The van der Waals surface area contributed by atoms with E-state index < -0.39 is 0 Å². The minimum atomic E-state index is 0.410. The van der Waals surface area contributed by atoms with E-state index in [9.17, 15) is 0 Å². The molecule has 0 bridgehead atoms. The number of rotatable bonds is 3. The number of allylic oxidation sites excluding steroid dienone is 1. The highest BCUT2D eigenvalue weighted by molar-refractivity contribution is 6.00. The van der Waals surface area contributed by atoms with E-state index in [1.807, 2.05) is 30.9 Å². The molecular weight excluding hydrogens is 374 g/mol. The van der Waals surface area contributed by atoms with Gasteiger partial charge in [-0.15, -0.1) is 0 Å². The van der Waals surface area contributed by atoms with Crippen LogP contribution in [-0.2, 0) is 6.42 Å². The number of nitrogens with zero attached hydrogens (tertiary/aromatic N) is 4. The molecule has 6 rings (SSSR count). The lowest BCUT2D eigenvalue weighted by Crippen LogP contribution is -2.12. The third-order valence-corrected chi connectivity index (χ3v) is 6.43. The van der Waals surface area contributed by atoms with Crippen molar-refractivity contribution in [3.05, 3.63) is 66.1 Å². The molecule has 1 saturated carbocycles. The first-order valence-electron chi connectivity index (χ1n) is 10.6. The van der Waals surface area contributed by atoms with Gasteiger partial charge in [0.1, 0.15) is 5.76 Å². The number of furan rings is 1. The van der Waals surface area contributed by atoms with Crippen molar-refractivity contribution in [1.29, 1.82) is 0 Å². The summed E-state index contributed by atoms with van der Waals surface area (Å²) in [6, 6.07) is 4.62. The summed E-state index contributed by atoms with van der Waals surface area (Å²) >= 11 is 0. The number of fused-ring (bicyclic) bond motifs is 2. The van der Waals surface area contributed by atoms with E-state index in [1.54, 1.807) is 0 Å². The van der Waals surface area contributed by atoms with Gasteiger partial charge in [-0.1, -0.05) is 25.3 Å². The van der Waals surface area contributed by atoms with Crippen molar-refractivity contribution in [2.24, 2.45) is 0 Å². The fraction of sp³-hybridized carbons (Fsp3) is 0.292. The lowest BCUT2D eigenvalue weighted by molar-refractivity contribution is 0.329.